The van der Waals surface area contributed by atoms with Crippen LogP contribution in [0.25, 0.3) is 0 Å². The van der Waals surface area contributed by atoms with Crippen molar-refractivity contribution in [3.05, 3.63) is 47.1 Å². The number of likely N-dealkylation sites (tertiary alicyclic amines) is 1. The summed E-state index contributed by atoms with van der Waals surface area (Å²) in [6.07, 6.45) is 5.04. The quantitative estimate of drug-likeness (QED) is 0.878. The maximum absolute atomic E-state index is 12.4. The van der Waals surface area contributed by atoms with Gasteiger partial charge in [-0.3, -0.25) is 4.98 Å². The van der Waals surface area contributed by atoms with Crippen molar-refractivity contribution in [2.24, 2.45) is 0 Å². The Labute approximate surface area is 152 Å². The molecular formula is C19H24N4O3. The number of nitrogens with zero attached hydrogens (tertiary/aromatic N) is 3. The molecule has 7 heteroatoms. The van der Waals surface area contributed by atoms with Crippen molar-refractivity contribution in [2.45, 2.75) is 50.7 Å². The second-order valence-electron chi connectivity index (χ2n) is 7.39. The standard InChI is InChI=1S/C19H24N4O3/c1-13-2-5-17(20-11-13)19(25)6-8-23(9-7-19)18(24)21-12-15-10-16(26-22-15)14-3-4-14/h2,5,10-11,14,25H,3-4,6-9,12H2,1H3,(H,21,24). The van der Waals surface area contributed by atoms with E-state index in [-0.39, 0.29) is 6.03 Å². The zero-order valence-electron chi connectivity index (χ0n) is 14.9. The van der Waals surface area contributed by atoms with Crippen LogP contribution in [0.1, 0.15) is 54.3 Å². The Bertz CT molecular complexity index is 774. The second-order valence-corrected chi connectivity index (χ2v) is 7.39. The Hall–Kier alpha value is -2.41. The smallest absolute Gasteiger partial charge is 0.317 e. The number of hydrogen-bond donors (Lipinski definition) is 2. The van der Waals surface area contributed by atoms with E-state index in [1.165, 1.54) is 0 Å². The van der Waals surface area contributed by atoms with Gasteiger partial charge in [-0.05, 0) is 44.2 Å². The molecule has 0 aromatic carbocycles. The average molecular weight is 356 g/mol. The van der Waals surface area contributed by atoms with Crippen LogP contribution in [0.3, 0.4) is 0 Å². The van der Waals surface area contributed by atoms with E-state index in [0.717, 1.165) is 29.9 Å². The van der Waals surface area contributed by atoms with E-state index in [4.69, 9.17) is 4.52 Å². The molecule has 2 N–H and O–H groups in total. The summed E-state index contributed by atoms with van der Waals surface area (Å²) in [7, 11) is 0. The van der Waals surface area contributed by atoms with Crippen molar-refractivity contribution in [3.63, 3.8) is 0 Å². The first kappa shape index (κ1) is 17.0. The topological polar surface area (TPSA) is 91.5 Å². The van der Waals surface area contributed by atoms with Crippen LogP contribution in [-0.2, 0) is 12.1 Å². The van der Waals surface area contributed by atoms with Gasteiger partial charge < -0.3 is 19.8 Å². The fourth-order valence-electron chi connectivity index (χ4n) is 3.33. The summed E-state index contributed by atoms with van der Waals surface area (Å²) in [4.78, 5) is 18.5. The molecule has 7 nitrogen and oxygen atoms in total. The molecule has 26 heavy (non-hydrogen) atoms. The largest absolute Gasteiger partial charge is 0.383 e. The van der Waals surface area contributed by atoms with Crippen LogP contribution < -0.4 is 5.32 Å². The summed E-state index contributed by atoms with van der Waals surface area (Å²) >= 11 is 0. The lowest BCUT2D eigenvalue weighted by Gasteiger charge is -2.37. The van der Waals surface area contributed by atoms with Crippen LogP contribution >= 0.6 is 0 Å². The molecule has 138 valence electrons. The van der Waals surface area contributed by atoms with E-state index >= 15 is 0 Å². The van der Waals surface area contributed by atoms with Gasteiger partial charge in [0.2, 0.25) is 0 Å². The number of rotatable bonds is 4. The molecule has 0 atom stereocenters. The molecule has 1 aliphatic carbocycles. The molecule has 0 spiro atoms. The van der Waals surface area contributed by atoms with E-state index in [0.29, 0.717) is 44.1 Å². The second kappa shape index (κ2) is 6.72. The Balaban J connectivity index is 1.29. The molecule has 2 aliphatic rings. The molecule has 1 saturated carbocycles. The molecule has 2 aromatic rings. The summed E-state index contributed by atoms with van der Waals surface area (Å²) in [6.45, 7) is 3.31. The number of carbonyl (C=O) groups is 1. The Morgan fingerprint density at radius 1 is 1.38 bits per heavy atom. The molecule has 1 saturated heterocycles. The van der Waals surface area contributed by atoms with Crippen molar-refractivity contribution in [1.29, 1.82) is 0 Å². The third-order valence-electron chi connectivity index (χ3n) is 5.24. The number of urea groups is 1. The van der Waals surface area contributed by atoms with Gasteiger partial charge >= 0.3 is 6.03 Å². The average Bonchev–Trinajstić information content (AvgIpc) is 3.39. The molecule has 1 aliphatic heterocycles. The molecule has 3 heterocycles. The van der Waals surface area contributed by atoms with Crippen molar-refractivity contribution < 1.29 is 14.4 Å². The predicted molar refractivity (Wildman–Crippen MR) is 94.4 cm³/mol. The van der Waals surface area contributed by atoms with Crippen LogP contribution in [0.2, 0.25) is 0 Å². The number of nitrogens with one attached hydrogen (secondary N) is 1. The molecule has 0 radical (unpaired) electrons. The first-order valence-corrected chi connectivity index (χ1v) is 9.17. The normalized spacial score (nSPS) is 19.4. The van der Waals surface area contributed by atoms with Crippen molar-refractivity contribution in [3.8, 4) is 0 Å². The molecule has 0 bridgehead atoms. The molecule has 2 amide bonds. The number of pyridine rings is 1. The maximum Gasteiger partial charge on any atom is 0.317 e. The number of piperidine rings is 1. The minimum Gasteiger partial charge on any atom is -0.383 e. The predicted octanol–water partition coefficient (Wildman–Crippen LogP) is 2.45. The molecule has 0 unspecified atom stereocenters. The summed E-state index contributed by atoms with van der Waals surface area (Å²) < 4.78 is 5.30. The lowest BCUT2D eigenvalue weighted by Crippen LogP contribution is -2.48. The number of carbonyl (C=O) groups excluding carboxylic acids is 1. The van der Waals surface area contributed by atoms with Crippen LogP contribution in [0.4, 0.5) is 4.79 Å². The van der Waals surface area contributed by atoms with Gasteiger partial charge in [-0.15, -0.1) is 0 Å². The van der Waals surface area contributed by atoms with Gasteiger partial charge in [0.25, 0.3) is 0 Å². The first-order chi connectivity index (χ1) is 12.5. The summed E-state index contributed by atoms with van der Waals surface area (Å²) in [6, 6.07) is 5.61. The zero-order chi connectivity index (χ0) is 18.1. The Kier molecular flexibility index (Phi) is 4.40. The third kappa shape index (κ3) is 3.58. The van der Waals surface area contributed by atoms with Crippen molar-refractivity contribution in [1.82, 2.24) is 20.4 Å². The van der Waals surface area contributed by atoms with E-state index in [2.05, 4.69) is 15.5 Å². The molecular weight excluding hydrogens is 332 g/mol. The highest BCUT2D eigenvalue weighted by atomic mass is 16.5. The van der Waals surface area contributed by atoms with Gasteiger partial charge in [-0.2, -0.15) is 0 Å². The SMILES string of the molecule is Cc1ccc(C2(O)CCN(C(=O)NCc3cc(C4CC4)on3)CC2)nc1. The van der Waals surface area contributed by atoms with Gasteiger partial charge in [0.1, 0.15) is 17.1 Å². The van der Waals surface area contributed by atoms with Crippen molar-refractivity contribution >= 4 is 6.03 Å². The number of hydrogen-bond acceptors (Lipinski definition) is 5. The van der Waals surface area contributed by atoms with Crippen molar-refractivity contribution in [2.75, 3.05) is 13.1 Å². The monoisotopic (exact) mass is 356 g/mol. The van der Waals surface area contributed by atoms with E-state index < -0.39 is 5.60 Å². The first-order valence-electron chi connectivity index (χ1n) is 9.17. The van der Waals surface area contributed by atoms with Gasteiger partial charge in [-0.25, -0.2) is 4.79 Å². The third-order valence-corrected chi connectivity index (χ3v) is 5.24. The minimum absolute atomic E-state index is 0.139. The Morgan fingerprint density at radius 2 is 2.15 bits per heavy atom. The van der Waals surface area contributed by atoms with Crippen LogP contribution in [0.5, 0.6) is 0 Å². The van der Waals surface area contributed by atoms with E-state index in [1.54, 1.807) is 11.1 Å². The fourth-order valence-corrected chi connectivity index (χ4v) is 3.33. The minimum atomic E-state index is -0.963. The number of aryl methyl sites for hydroxylation is 1. The number of amides is 2. The van der Waals surface area contributed by atoms with Gasteiger partial charge in [-0.1, -0.05) is 11.2 Å². The molecule has 2 fully saturated rings. The highest BCUT2D eigenvalue weighted by Gasteiger charge is 2.36. The molecule has 2 aromatic heterocycles. The van der Waals surface area contributed by atoms with Crippen LogP contribution in [-0.4, -0.2) is 39.3 Å². The van der Waals surface area contributed by atoms with Gasteiger partial charge in [0, 0.05) is 31.3 Å². The highest BCUT2D eigenvalue weighted by Crippen LogP contribution is 2.40. The summed E-state index contributed by atoms with van der Waals surface area (Å²) in [5, 5.41) is 17.7. The summed E-state index contributed by atoms with van der Waals surface area (Å²) in [5.74, 6) is 1.44. The summed E-state index contributed by atoms with van der Waals surface area (Å²) in [5.41, 5.74) is 1.53. The van der Waals surface area contributed by atoms with Crippen LogP contribution in [0.15, 0.2) is 28.9 Å². The highest BCUT2D eigenvalue weighted by molar-refractivity contribution is 5.74. The lowest BCUT2D eigenvalue weighted by molar-refractivity contribution is -0.0204. The number of aliphatic hydroxyl groups is 1. The lowest BCUT2D eigenvalue weighted by atomic mass is 9.87. The van der Waals surface area contributed by atoms with Gasteiger partial charge in [0.05, 0.1) is 12.2 Å². The van der Waals surface area contributed by atoms with E-state index in [1.807, 2.05) is 25.1 Å². The molecule has 4 rings (SSSR count). The van der Waals surface area contributed by atoms with E-state index in [9.17, 15) is 9.90 Å². The Morgan fingerprint density at radius 3 is 2.81 bits per heavy atom. The zero-order valence-corrected chi connectivity index (χ0v) is 14.9. The fraction of sp³-hybridized carbons (Fsp3) is 0.526. The maximum atomic E-state index is 12.4. The van der Waals surface area contributed by atoms with Crippen LogP contribution in [0, 0.1) is 6.92 Å². The van der Waals surface area contributed by atoms with Gasteiger partial charge in [0.15, 0.2) is 0 Å². The number of aromatic nitrogens is 2.